The van der Waals surface area contributed by atoms with Gasteiger partial charge >= 0.3 is 0 Å². The number of thioether (sulfide) groups is 1. The number of rotatable bonds is 1. The molecule has 1 rings (SSSR count). The minimum atomic E-state index is 0.960. The first-order chi connectivity index (χ1) is 4.33. The third-order valence-electron chi connectivity index (χ3n) is 1.01. The Hall–Kier alpha value is -0.500. The molecule has 0 saturated heterocycles. The van der Waals surface area contributed by atoms with Crippen LogP contribution in [0.5, 0.6) is 0 Å². The average molecular weight is 138 g/mol. The molecule has 2 heteroatoms. The summed E-state index contributed by atoms with van der Waals surface area (Å²) in [6, 6.07) is 6.83. The summed E-state index contributed by atoms with van der Waals surface area (Å²) in [5, 5.41) is 1.06. The lowest BCUT2D eigenvalue weighted by Gasteiger charge is -1.93. The molecular formula is C7H8NS. The maximum Gasteiger partial charge on any atom is 0.0960 e. The van der Waals surface area contributed by atoms with Gasteiger partial charge in [0.05, 0.1) is 5.03 Å². The van der Waals surface area contributed by atoms with Gasteiger partial charge in [-0.15, -0.1) is 11.8 Å². The van der Waals surface area contributed by atoms with E-state index < -0.39 is 0 Å². The molecule has 0 aliphatic rings. The quantitative estimate of drug-likeness (QED) is 0.550. The van der Waals surface area contributed by atoms with Gasteiger partial charge in [-0.2, -0.15) is 0 Å². The highest BCUT2D eigenvalue weighted by atomic mass is 32.2. The second kappa shape index (κ2) is 2.87. The first-order valence-electron chi connectivity index (χ1n) is 2.72. The molecule has 0 unspecified atom stereocenters. The van der Waals surface area contributed by atoms with Crippen molar-refractivity contribution < 1.29 is 0 Å². The van der Waals surface area contributed by atoms with Crippen LogP contribution >= 0.6 is 11.8 Å². The Labute approximate surface area is 59.5 Å². The summed E-state index contributed by atoms with van der Waals surface area (Å²) < 4.78 is 0. The number of hydrogen-bond acceptors (Lipinski definition) is 2. The third kappa shape index (κ3) is 1.72. The maximum atomic E-state index is 4.20. The van der Waals surface area contributed by atoms with E-state index in [1.54, 1.807) is 11.8 Å². The molecule has 0 spiro atoms. The second-order valence-corrected chi connectivity index (χ2v) is 2.54. The van der Waals surface area contributed by atoms with Crippen LogP contribution in [0, 0.1) is 13.0 Å². The lowest BCUT2D eigenvalue weighted by Crippen LogP contribution is -1.81. The minimum absolute atomic E-state index is 0.960. The summed E-state index contributed by atoms with van der Waals surface area (Å²) in [7, 11) is 0. The topological polar surface area (TPSA) is 12.9 Å². The molecule has 1 heterocycles. The number of aromatic nitrogens is 1. The van der Waals surface area contributed by atoms with Gasteiger partial charge in [-0.05, 0) is 25.3 Å². The van der Waals surface area contributed by atoms with Crippen LogP contribution < -0.4 is 0 Å². The van der Waals surface area contributed by atoms with Gasteiger partial charge in [0.2, 0.25) is 0 Å². The summed E-state index contributed by atoms with van der Waals surface area (Å²) in [5.41, 5.74) is 0.960. The van der Waals surface area contributed by atoms with Crippen molar-refractivity contribution in [3.63, 3.8) is 0 Å². The van der Waals surface area contributed by atoms with Gasteiger partial charge in [0, 0.05) is 11.8 Å². The first kappa shape index (κ1) is 6.62. The van der Waals surface area contributed by atoms with Gasteiger partial charge in [0.15, 0.2) is 0 Å². The molecule has 1 nitrogen and oxygen atoms in total. The molecule has 0 aliphatic carbocycles. The second-order valence-electron chi connectivity index (χ2n) is 1.72. The van der Waals surface area contributed by atoms with E-state index in [0.717, 1.165) is 10.7 Å². The van der Waals surface area contributed by atoms with Crippen LogP contribution in [0.3, 0.4) is 0 Å². The Kier molecular flexibility index (Phi) is 2.11. The summed E-state index contributed by atoms with van der Waals surface area (Å²) in [6.07, 6.45) is 2.02. The SMILES string of the molecule is CSc1cc[c]c(C)n1. The summed E-state index contributed by atoms with van der Waals surface area (Å²) in [6.45, 7) is 1.94. The standard InChI is InChI=1S/C7H8NS/c1-6-4-3-5-7(8-6)9-2/h3,5H,1-2H3. The van der Waals surface area contributed by atoms with E-state index in [1.807, 2.05) is 25.3 Å². The molecular weight excluding hydrogens is 130 g/mol. The summed E-state index contributed by atoms with van der Waals surface area (Å²) in [4.78, 5) is 4.20. The molecule has 0 bridgehead atoms. The monoisotopic (exact) mass is 138 g/mol. The van der Waals surface area contributed by atoms with Crippen molar-refractivity contribution in [3.8, 4) is 0 Å². The fraction of sp³-hybridized carbons (Fsp3) is 0.286. The van der Waals surface area contributed by atoms with Crippen LogP contribution in [-0.4, -0.2) is 11.2 Å². The Morgan fingerprint density at radius 2 is 2.44 bits per heavy atom. The van der Waals surface area contributed by atoms with Gasteiger partial charge in [0.25, 0.3) is 0 Å². The first-order valence-corrected chi connectivity index (χ1v) is 3.95. The van der Waals surface area contributed by atoms with Crippen LogP contribution in [0.4, 0.5) is 0 Å². The number of aryl methyl sites for hydroxylation is 1. The molecule has 0 saturated carbocycles. The lowest BCUT2D eigenvalue weighted by atomic mass is 10.4. The van der Waals surface area contributed by atoms with Crippen molar-refractivity contribution in [1.82, 2.24) is 4.98 Å². The van der Waals surface area contributed by atoms with E-state index in [-0.39, 0.29) is 0 Å². The zero-order valence-electron chi connectivity index (χ0n) is 5.51. The summed E-state index contributed by atoms with van der Waals surface area (Å²) in [5.74, 6) is 0. The third-order valence-corrected chi connectivity index (χ3v) is 1.65. The molecule has 0 fully saturated rings. The highest BCUT2D eigenvalue weighted by Crippen LogP contribution is 2.09. The van der Waals surface area contributed by atoms with Gasteiger partial charge in [-0.25, -0.2) is 4.98 Å². The van der Waals surface area contributed by atoms with Gasteiger partial charge < -0.3 is 0 Å². The fourth-order valence-electron chi connectivity index (χ4n) is 0.582. The summed E-state index contributed by atoms with van der Waals surface area (Å²) >= 11 is 1.65. The minimum Gasteiger partial charge on any atom is -0.246 e. The van der Waals surface area contributed by atoms with E-state index >= 15 is 0 Å². The van der Waals surface area contributed by atoms with E-state index in [2.05, 4.69) is 11.1 Å². The van der Waals surface area contributed by atoms with Crippen LogP contribution in [0.15, 0.2) is 17.2 Å². The van der Waals surface area contributed by atoms with Gasteiger partial charge in [0.1, 0.15) is 0 Å². The molecule has 0 N–H and O–H groups in total. The maximum absolute atomic E-state index is 4.20. The molecule has 1 aromatic rings. The van der Waals surface area contributed by atoms with Crippen molar-refractivity contribution >= 4 is 11.8 Å². The van der Waals surface area contributed by atoms with Gasteiger partial charge in [-0.3, -0.25) is 0 Å². The zero-order chi connectivity index (χ0) is 6.69. The normalized spacial score (nSPS) is 9.56. The Balaban J connectivity index is 2.94. The van der Waals surface area contributed by atoms with Crippen molar-refractivity contribution in [2.24, 2.45) is 0 Å². The fourth-order valence-corrected chi connectivity index (χ4v) is 1.01. The van der Waals surface area contributed by atoms with Crippen LogP contribution in [0.2, 0.25) is 0 Å². The number of nitrogens with zero attached hydrogens (tertiary/aromatic N) is 1. The predicted octanol–water partition coefficient (Wildman–Crippen LogP) is 1.91. The van der Waals surface area contributed by atoms with Crippen LogP contribution in [-0.2, 0) is 0 Å². The van der Waals surface area contributed by atoms with Crippen LogP contribution in [0.1, 0.15) is 5.69 Å². The highest BCUT2D eigenvalue weighted by Gasteiger charge is 1.88. The van der Waals surface area contributed by atoms with Crippen molar-refractivity contribution in [3.05, 3.63) is 23.9 Å². The molecule has 0 atom stereocenters. The van der Waals surface area contributed by atoms with Gasteiger partial charge in [-0.1, -0.05) is 0 Å². The molecule has 0 amide bonds. The zero-order valence-corrected chi connectivity index (χ0v) is 6.33. The smallest absolute Gasteiger partial charge is 0.0960 e. The molecule has 47 valence electrons. The predicted molar refractivity (Wildman–Crippen MR) is 39.6 cm³/mol. The van der Waals surface area contributed by atoms with Crippen LogP contribution in [0.25, 0.3) is 0 Å². The number of pyridine rings is 1. The molecule has 0 aromatic carbocycles. The van der Waals surface area contributed by atoms with E-state index in [9.17, 15) is 0 Å². The molecule has 1 aromatic heterocycles. The number of hydrogen-bond donors (Lipinski definition) is 0. The Morgan fingerprint density at radius 1 is 1.67 bits per heavy atom. The molecule has 0 aliphatic heterocycles. The highest BCUT2D eigenvalue weighted by molar-refractivity contribution is 7.98. The van der Waals surface area contributed by atoms with E-state index in [4.69, 9.17) is 0 Å². The van der Waals surface area contributed by atoms with Crippen molar-refractivity contribution in [2.45, 2.75) is 11.9 Å². The lowest BCUT2D eigenvalue weighted by molar-refractivity contribution is 1.06. The van der Waals surface area contributed by atoms with E-state index in [0.29, 0.717) is 0 Å². The molecule has 9 heavy (non-hydrogen) atoms. The van der Waals surface area contributed by atoms with Crippen molar-refractivity contribution in [2.75, 3.05) is 6.26 Å². The average Bonchev–Trinajstić information content (AvgIpc) is 1.88. The largest absolute Gasteiger partial charge is 0.246 e. The van der Waals surface area contributed by atoms with Crippen molar-refractivity contribution in [1.29, 1.82) is 0 Å². The Bertz CT molecular complexity index is 198. The van der Waals surface area contributed by atoms with E-state index in [1.165, 1.54) is 0 Å². The Morgan fingerprint density at radius 3 is 2.89 bits per heavy atom. The molecule has 1 radical (unpaired) electrons.